The SMILES string of the molecule is O=C(Cc1ccc(Oc2nc(Cc3ccccc3)ns2)cc1)N1CCN(C/C=C/c2ccccc2)CC1. The van der Waals surface area contributed by atoms with Crippen molar-refractivity contribution in [3.63, 3.8) is 0 Å². The van der Waals surface area contributed by atoms with Gasteiger partial charge in [-0.15, -0.1) is 0 Å². The monoisotopic (exact) mass is 510 g/mol. The average Bonchev–Trinajstić information content (AvgIpc) is 3.38. The van der Waals surface area contributed by atoms with E-state index in [-0.39, 0.29) is 5.91 Å². The van der Waals surface area contributed by atoms with Crippen LogP contribution in [0.3, 0.4) is 0 Å². The summed E-state index contributed by atoms with van der Waals surface area (Å²) in [5.41, 5.74) is 3.36. The van der Waals surface area contributed by atoms with Crippen molar-refractivity contribution in [3.8, 4) is 10.9 Å². The molecule has 1 amide bonds. The Morgan fingerprint density at radius 2 is 1.57 bits per heavy atom. The van der Waals surface area contributed by atoms with E-state index >= 15 is 0 Å². The zero-order valence-electron chi connectivity index (χ0n) is 20.7. The lowest BCUT2D eigenvalue weighted by atomic mass is 10.1. The van der Waals surface area contributed by atoms with Crippen LogP contribution in [-0.2, 0) is 17.6 Å². The molecule has 1 aliphatic rings. The minimum absolute atomic E-state index is 0.169. The molecule has 1 aromatic heterocycles. The van der Waals surface area contributed by atoms with E-state index in [1.807, 2.05) is 65.6 Å². The van der Waals surface area contributed by atoms with Crippen LogP contribution in [0.5, 0.6) is 10.9 Å². The molecule has 0 bridgehead atoms. The molecule has 0 spiro atoms. The normalized spacial score (nSPS) is 14.2. The molecular weight excluding hydrogens is 480 g/mol. The van der Waals surface area contributed by atoms with E-state index in [1.54, 1.807) is 0 Å². The van der Waals surface area contributed by atoms with Crippen LogP contribution in [0.2, 0.25) is 0 Å². The highest BCUT2D eigenvalue weighted by Crippen LogP contribution is 2.24. The fourth-order valence-electron chi connectivity index (χ4n) is 4.27. The molecule has 0 atom stereocenters. The van der Waals surface area contributed by atoms with Crippen molar-refractivity contribution < 1.29 is 9.53 Å². The third-order valence-electron chi connectivity index (χ3n) is 6.34. The lowest BCUT2D eigenvalue weighted by Crippen LogP contribution is -2.49. The molecule has 0 radical (unpaired) electrons. The first-order valence-corrected chi connectivity index (χ1v) is 13.3. The van der Waals surface area contributed by atoms with Gasteiger partial charge in [0.2, 0.25) is 5.91 Å². The van der Waals surface area contributed by atoms with E-state index in [0.29, 0.717) is 23.8 Å². The summed E-state index contributed by atoms with van der Waals surface area (Å²) in [4.78, 5) is 21.7. The number of amides is 1. The van der Waals surface area contributed by atoms with E-state index in [9.17, 15) is 4.79 Å². The summed E-state index contributed by atoms with van der Waals surface area (Å²) in [6.45, 7) is 4.22. The van der Waals surface area contributed by atoms with Crippen molar-refractivity contribution in [1.29, 1.82) is 0 Å². The van der Waals surface area contributed by atoms with Gasteiger partial charge in [-0.2, -0.15) is 9.36 Å². The first-order valence-electron chi connectivity index (χ1n) is 12.6. The van der Waals surface area contributed by atoms with Crippen molar-refractivity contribution in [2.75, 3.05) is 32.7 Å². The number of aromatic nitrogens is 2. The number of hydrogen-bond donors (Lipinski definition) is 0. The first-order chi connectivity index (χ1) is 18.2. The predicted octanol–water partition coefficient (Wildman–Crippen LogP) is 5.32. The largest absolute Gasteiger partial charge is 0.430 e. The van der Waals surface area contributed by atoms with Crippen LogP contribution < -0.4 is 4.74 Å². The van der Waals surface area contributed by atoms with Gasteiger partial charge in [0.15, 0.2) is 5.82 Å². The highest BCUT2D eigenvalue weighted by Gasteiger charge is 2.20. The standard InChI is InChI=1S/C30H30N4O2S/c35-29(34-20-18-33(19-21-34)17-7-12-24-8-3-1-4-9-24)23-26-13-15-27(16-14-26)36-30-31-28(32-37-30)22-25-10-5-2-6-11-25/h1-16H,17-23H2/b12-7+. The van der Waals surface area contributed by atoms with E-state index in [4.69, 9.17) is 4.74 Å². The molecule has 4 aromatic rings. The number of carbonyl (C=O) groups is 1. The summed E-state index contributed by atoms with van der Waals surface area (Å²) < 4.78 is 10.3. The number of piperazine rings is 1. The quantitative estimate of drug-likeness (QED) is 0.305. The number of benzene rings is 3. The van der Waals surface area contributed by atoms with Crippen LogP contribution in [0.15, 0.2) is 91.0 Å². The second-order valence-electron chi connectivity index (χ2n) is 9.06. The van der Waals surface area contributed by atoms with Crippen molar-refractivity contribution >= 4 is 23.5 Å². The van der Waals surface area contributed by atoms with Gasteiger partial charge in [-0.1, -0.05) is 84.9 Å². The molecule has 3 aromatic carbocycles. The Balaban J connectivity index is 1.06. The maximum atomic E-state index is 12.8. The zero-order valence-corrected chi connectivity index (χ0v) is 21.5. The number of nitrogens with zero attached hydrogens (tertiary/aromatic N) is 4. The summed E-state index contributed by atoms with van der Waals surface area (Å²) in [6, 6.07) is 28.1. The third kappa shape index (κ3) is 7.35. The van der Waals surface area contributed by atoms with E-state index in [0.717, 1.165) is 44.1 Å². The molecule has 6 nitrogen and oxygen atoms in total. The maximum absolute atomic E-state index is 12.8. The number of carbonyl (C=O) groups excluding carboxylic acids is 1. The molecule has 0 saturated carbocycles. The third-order valence-corrected chi connectivity index (χ3v) is 6.97. The molecule has 1 fully saturated rings. The Hall–Kier alpha value is -3.81. The molecule has 1 saturated heterocycles. The van der Waals surface area contributed by atoms with Gasteiger partial charge in [0, 0.05) is 50.7 Å². The molecule has 0 unspecified atom stereocenters. The molecule has 0 aliphatic carbocycles. The summed E-state index contributed by atoms with van der Waals surface area (Å²) in [5.74, 6) is 1.61. The summed E-state index contributed by atoms with van der Waals surface area (Å²) in [7, 11) is 0. The molecule has 2 heterocycles. The van der Waals surface area contributed by atoms with Gasteiger partial charge in [-0.25, -0.2) is 0 Å². The summed E-state index contributed by atoms with van der Waals surface area (Å²) in [5, 5.41) is 0.520. The minimum Gasteiger partial charge on any atom is -0.430 e. The zero-order chi connectivity index (χ0) is 25.3. The van der Waals surface area contributed by atoms with Crippen LogP contribution in [0.4, 0.5) is 0 Å². The van der Waals surface area contributed by atoms with Gasteiger partial charge in [0.1, 0.15) is 5.75 Å². The molecule has 0 N–H and O–H groups in total. The Morgan fingerprint density at radius 3 is 2.30 bits per heavy atom. The summed E-state index contributed by atoms with van der Waals surface area (Å²) in [6.07, 6.45) is 5.43. The average molecular weight is 511 g/mol. The Bertz CT molecular complexity index is 1300. The Kier molecular flexibility index (Phi) is 8.35. The molecular formula is C30H30N4O2S. The van der Waals surface area contributed by atoms with Crippen LogP contribution in [-0.4, -0.2) is 57.8 Å². The predicted molar refractivity (Wildman–Crippen MR) is 148 cm³/mol. The van der Waals surface area contributed by atoms with Crippen LogP contribution in [0.25, 0.3) is 6.08 Å². The topological polar surface area (TPSA) is 58.6 Å². The highest BCUT2D eigenvalue weighted by atomic mass is 32.1. The van der Waals surface area contributed by atoms with Crippen LogP contribution in [0.1, 0.15) is 22.5 Å². The van der Waals surface area contributed by atoms with Gasteiger partial charge < -0.3 is 9.64 Å². The minimum atomic E-state index is 0.169. The highest BCUT2D eigenvalue weighted by molar-refractivity contribution is 7.07. The van der Waals surface area contributed by atoms with Gasteiger partial charge >= 0.3 is 0 Å². The number of ether oxygens (including phenoxy) is 1. The van der Waals surface area contributed by atoms with Crippen molar-refractivity contribution in [3.05, 3.63) is 114 Å². The molecule has 37 heavy (non-hydrogen) atoms. The van der Waals surface area contributed by atoms with E-state index in [1.165, 1.54) is 22.7 Å². The fourth-order valence-corrected chi connectivity index (χ4v) is 4.84. The van der Waals surface area contributed by atoms with Gasteiger partial charge in [-0.05, 0) is 28.8 Å². The number of hydrogen-bond acceptors (Lipinski definition) is 6. The molecule has 7 heteroatoms. The van der Waals surface area contributed by atoms with Gasteiger partial charge in [0.05, 0.1) is 6.42 Å². The lowest BCUT2D eigenvalue weighted by molar-refractivity contribution is -0.132. The molecule has 188 valence electrons. The smallest absolute Gasteiger partial charge is 0.298 e. The molecule has 1 aliphatic heterocycles. The van der Waals surface area contributed by atoms with Gasteiger partial charge in [0.25, 0.3) is 5.19 Å². The van der Waals surface area contributed by atoms with Crippen molar-refractivity contribution in [2.45, 2.75) is 12.8 Å². The Morgan fingerprint density at radius 1 is 0.865 bits per heavy atom. The maximum Gasteiger partial charge on any atom is 0.298 e. The van der Waals surface area contributed by atoms with Crippen LogP contribution >= 0.6 is 11.5 Å². The van der Waals surface area contributed by atoms with Crippen LogP contribution in [0, 0.1) is 0 Å². The van der Waals surface area contributed by atoms with Gasteiger partial charge in [-0.3, -0.25) is 9.69 Å². The van der Waals surface area contributed by atoms with E-state index in [2.05, 4.69) is 50.7 Å². The van der Waals surface area contributed by atoms with Crippen molar-refractivity contribution in [1.82, 2.24) is 19.2 Å². The first kappa shape index (κ1) is 24.9. The lowest BCUT2D eigenvalue weighted by Gasteiger charge is -2.34. The van der Waals surface area contributed by atoms with E-state index < -0.39 is 0 Å². The fraction of sp³-hybridized carbons (Fsp3) is 0.233. The Labute approximate surface area is 222 Å². The second kappa shape index (κ2) is 12.4. The van der Waals surface area contributed by atoms with Crippen molar-refractivity contribution in [2.24, 2.45) is 0 Å². The molecule has 5 rings (SSSR count). The summed E-state index contributed by atoms with van der Waals surface area (Å²) >= 11 is 1.25. The number of rotatable bonds is 9. The second-order valence-corrected chi connectivity index (χ2v) is 9.77.